The number of rotatable bonds is 4. The van der Waals surface area contributed by atoms with E-state index in [4.69, 9.17) is 17.3 Å². The summed E-state index contributed by atoms with van der Waals surface area (Å²) >= 11 is 6.29. The highest BCUT2D eigenvalue weighted by atomic mass is 35.5. The zero-order chi connectivity index (χ0) is 22.8. The first-order chi connectivity index (χ1) is 15.3. The monoisotopic (exact) mass is 447 g/mol. The fourth-order valence-corrected chi connectivity index (χ4v) is 3.73. The molecule has 3 aromatic carbocycles. The fraction of sp³-hybridized carbons (Fsp3) is 0.125. The SMILES string of the molecule is Cc1ccccc1NC(=O)Nc1cccc(-n2c(C(C)N)nc3cccc(Cl)c3c2=O)c1. The van der Waals surface area contributed by atoms with Gasteiger partial charge in [0.2, 0.25) is 0 Å². The first kappa shape index (κ1) is 21.5. The van der Waals surface area contributed by atoms with Crippen molar-refractivity contribution >= 4 is 39.9 Å². The van der Waals surface area contributed by atoms with Crippen LogP contribution in [0.2, 0.25) is 5.02 Å². The lowest BCUT2D eigenvalue weighted by Gasteiger charge is -2.17. The van der Waals surface area contributed by atoms with Crippen LogP contribution in [0.15, 0.2) is 71.5 Å². The number of carbonyl (C=O) groups is 1. The number of amides is 2. The molecule has 0 saturated heterocycles. The van der Waals surface area contributed by atoms with Gasteiger partial charge in [-0.1, -0.05) is 41.9 Å². The molecule has 0 saturated carbocycles. The molecule has 1 atom stereocenters. The number of carbonyl (C=O) groups excluding carboxylic acids is 1. The summed E-state index contributed by atoms with van der Waals surface area (Å²) in [6, 6.07) is 18.6. The number of fused-ring (bicyclic) bond motifs is 1. The third kappa shape index (κ3) is 4.21. The number of aromatic nitrogens is 2. The van der Waals surface area contributed by atoms with Gasteiger partial charge in [-0.05, 0) is 55.8 Å². The van der Waals surface area contributed by atoms with Crippen molar-refractivity contribution in [1.82, 2.24) is 9.55 Å². The second-order valence-electron chi connectivity index (χ2n) is 7.48. The molecule has 0 aliphatic carbocycles. The number of anilines is 2. The van der Waals surface area contributed by atoms with Crippen molar-refractivity contribution in [3.8, 4) is 5.69 Å². The zero-order valence-electron chi connectivity index (χ0n) is 17.6. The average molecular weight is 448 g/mol. The van der Waals surface area contributed by atoms with Crippen molar-refractivity contribution in [2.45, 2.75) is 19.9 Å². The van der Waals surface area contributed by atoms with Crippen LogP contribution >= 0.6 is 11.6 Å². The van der Waals surface area contributed by atoms with E-state index in [-0.39, 0.29) is 5.56 Å². The highest BCUT2D eigenvalue weighted by Gasteiger charge is 2.17. The highest BCUT2D eigenvalue weighted by molar-refractivity contribution is 6.35. The topological polar surface area (TPSA) is 102 Å². The van der Waals surface area contributed by atoms with Crippen molar-refractivity contribution in [2.24, 2.45) is 5.73 Å². The summed E-state index contributed by atoms with van der Waals surface area (Å²) in [5.74, 6) is 0.395. The van der Waals surface area contributed by atoms with Gasteiger partial charge in [0.15, 0.2) is 0 Å². The standard InChI is InChI=1S/C24H22ClN5O2/c1-14-7-3-4-11-19(14)29-24(32)27-16-8-5-9-17(13-16)30-22(15(2)26)28-20-12-6-10-18(25)21(20)23(30)31/h3-13,15H,26H2,1-2H3,(H2,27,29,32). The van der Waals surface area contributed by atoms with Crippen molar-refractivity contribution in [3.63, 3.8) is 0 Å². The van der Waals surface area contributed by atoms with E-state index < -0.39 is 12.1 Å². The van der Waals surface area contributed by atoms with Crippen molar-refractivity contribution in [2.75, 3.05) is 10.6 Å². The number of urea groups is 1. The number of benzene rings is 3. The highest BCUT2D eigenvalue weighted by Crippen LogP contribution is 2.23. The largest absolute Gasteiger partial charge is 0.323 e. The van der Waals surface area contributed by atoms with E-state index in [1.54, 1.807) is 49.4 Å². The quantitative estimate of drug-likeness (QED) is 0.409. The molecule has 0 aliphatic rings. The number of nitrogens with one attached hydrogen (secondary N) is 2. The lowest BCUT2D eigenvalue weighted by molar-refractivity contribution is 0.262. The number of aryl methyl sites for hydroxylation is 1. The molecule has 1 heterocycles. The Balaban J connectivity index is 1.73. The molecule has 4 rings (SSSR count). The number of halogens is 1. The lowest BCUT2D eigenvalue weighted by Crippen LogP contribution is -2.28. The van der Waals surface area contributed by atoms with Gasteiger partial charge in [0.25, 0.3) is 5.56 Å². The first-order valence-corrected chi connectivity index (χ1v) is 10.4. The molecule has 8 heteroatoms. The number of para-hydroxylation sites is 1. The van der Waals surface area contributed by atoms with Gasteiger partial charge in [-0.2, -0.15) is 0 Å². The first-order valence-electron chi connectivity index (χ1n) is 10.1. The predicted octanol–water partition coefficient (Wildman–Crippen LogP) is 5.01. The van der Waals surface area contributed by atoms with Crippen LogP contribution in [-0.4, -0.2) is 15.6 Å². The van der Waals surface area contributed by atoms with Gasteiger partial charge < -0.3 is 16.4 Å². The molecule has 4 N–H and O–H groups in total. The van der Waals surface area contributed by atoms with Gasteiger partial charge in [0, 0.05) is 11.4 Å². The molecule has 0 spiro atoms. The molecule has 32 heavy (non-hydrogen) atoms. The Morgan fingerprint density at radius 3 is 2.56 bits per heavy atom. The summed E-state index contributed by atoms with van der Waals surface area (Å²) < 4.78 is 1.43. The molecule has 0 radical (unpaired) electrons. The Kier molecular flexibility index (Phi) is 5.94. The van der Waals surface area contributed by atoms with Gasteiger partial charge in [-0.15, -0.1) is 0 Å². The molecule has 1 aromatic heterocycles. The Bertz CT molecular complexity index is 1380. The van der Waals surface area contributed by atoms with Crippen LogP contribution in [0.25, 0.3) is 16.6 Å². The molecular weight excluding hydrogens is 426 g/mol. The summed E-state index contributed by atoms with van der Waals surface area (Å²) in [5.41, 5.74) is 8.98. The molecule has 0 bridgehead atoms. The third-order valence-electron chi connectivity index (χ3n) is 5.04. The Hall–Kier alpha value is -3.68. The predicted molar refractivity (Wildman–Crippen MR) is 129 cm³/mol. The normalized spacial score (nSPS) is 11.9. The van der Waals surface area contributed by atoms with Crippen LogP contribution in [0.5, 0.6) is 0 Å². The van der Waals surface area contributed by atoms with Gasteiger partial charge in [-0.3, -0.25) is 9.36 Å². The molecule has 7 nitrogen and oxygen atoms in total. The minimum Gasteiger partial charge on any atom is -0.322 e. The van der Waals surface area contributed by atoms with E-state index in [1.807, 2.05) is 31.2 Å². The smallest absolute Gasteiger partial charge is 0.322 e. The van der Waals surface area contributed by atoms with Crippen LogP contribution in [0.1, 0.15) is 24.4 Å². The van der Waals surface area contributed by atoms with Gasteiger partial charge in [0.1, 0.15) is 5.82 Å². The zero-order valence-corrected chi connectivity index (χ0v) is 18.4. The molecule has 162 valence electrons. The Morgan fingerprint density at radius 1 is 1.06 bits per heavy atom. The number of hydrogen-bond donors (Lipinski definition) is 3. The minimum atomic E-state index is -0.507. The van der Waals surface area contributed by atoms with Crippen LogP contribution in [0.4, 0.5) is 16.2 Å². The van der Waals surface area contributed by atoms with Crippen LogP contribution in [0, 0.1) is 6.92 Å². The minimum absolute atomic E-state index is 0.314. The lowest BCUT2D eigenvalue weighted by atomic mass is 10.2. The summed E-state index contributed by atoms with van der Waals surface area (Å²) in [6.07, 6.45) is 0. The summed E-state index contributed by atoms with van der Waals surface area (Å²) in [7, 11) is 0. The van der Waals surface area contributed by atoms with Crippen molar-refractivity contribution in [3.05, 3.63) is 93.5 Å². The van der Waals surface area contributed by atoms with E-state index in [0.717, 1.165) is 5.56 Å². The van der Waals surface area contributed by atoms with Crippen LogP contribution in [-0.2, 0) is 0 Å². The third-order valence-corrected chi connectivity index (χ3v) is 5.35. The second kappa shape index (κ2) is 8.82. The van der Waals surface area contributed by atoms with E-state index in [2.05, 4.69) is 15.6 Å². The average Bonchev–Trinajstić information content (AvgIpc) is 2.75. The van der Waals surface area contributed by atoms with E-state index in [1.165, 1.54) is 4.57 Å². The number of hydrogen-bond acceptors (Lipinski definition) is 4. The Labute approximate surface area is 189 Å². The fourth-order valence-electron chi connectivity index (χ4n) is 3.48. The van der Waals surface area contributed by atoms with Crippen LogP contribution < -0.4 is 21.9 Å². The molecular formula is C24H22ClN5O2. The van der Waals surface area contributed by atoms with Gasteiger partial charge in [0.05, 0.1) is 27.7 Å². The maximum atomic E-state index is 13.4. The van der Waals surface area contributed by atoms with E-state index in [0.29, 0.717) is 38.8 Å². The molecule has 0 aliphatic heterocycles. The maximum Gasteiger partial charge on any atom is 0.323 e. The van der Waals surface area contributed by atoms with Gasteiger partial charge in [-0.25, -0.2) is 9.78 Å². The summed E-state index contributed by atoms with van der Waals surface area (Å²) in [5, 5.41) is 6.25. The van der Waals surface area contributed by atoms with E-state index in [9.17, 15) is 9.59 Å². The summed E-state index contributed by atoms with van der Waals surface area (Å²) in [6.45, 7) is 3.67. The summed E-state index contributed by atoms with van der Waals surface area (Å²) in [4.78, 5) is 30.5. The molecule has 0 fully saturated rings. The number of nitrogens with zero attached hydrogens (tertiary/aromatic N) is 2. The Morgan fingerprint density at radius 2 is 1.81 bits per heavy atom. The number of nitrogens with two attached hydrogens (primary N) is 1. The van der Waals surface area contributed by atoms with Crippen molar-refractivity contribution < 1.29 is 4.79 Å². The van der Waals surface area contributed by atoms with Gasteiger partial charge >= 0.3 is 6.03 Å². The molecule has 4 aromatic rings. The molecule has 1 unspecified atom stereocenters. The van der Waals surface area contributed by atoms with Crippen molar-refractivity contribution in [1.29, 1.82) is 0 Å². The molecule has 2 amide bonds. The van der Waals surface area contributed by atoms with Crippen LogP contribution in [0.3, 0.4) is 0 Å². The maximum absolute atomic E-state index is 13.4. The van der Waals surface area contributed by atoms with E-state index >= 15 is 0 Å². The second-order valence-corrected chi connectivity index (χ2v) is 7.88.